The minimum atomic E-state index is -7.18. The van der Waals surface area contributed by atoms with Gasteiger partial charge in [0.1, 0.15) is 0 Å². The van der Waals surface area contributed by atoms with Crippen LogP contribution < -0.4 is 0 Å². The minimum absolute atomic E-state index is 1.90. The van der Waals surface area contributed by atoms with Crippen LogP contribution in [0.4, 0.5) is 39.5 Å². The molecule has 0 aromatic rings. The fourth-order valence-electron chi connectivity index (χ4n) is 0.600. The number of ether oxygens (including phenoxy) is 1. The Balaban J connectivity index is 5.52. The van der Waals surface area contributed by atoms with E-state index in [1.165, 1.54) is 0 Å². The Hall–Kier alpha value is -1.62. The van der Waals surface area contributed by atoms with Crippen LogP contribution in [0.25, 0.3) is 0 Å². The van der Waals surface area contributed by atoms with Crippen LogP contribution >= 0.6 is 0 Å². The van der Waals surface area contributed by atoms with E-state index >= 15 is 0 Å². The van der Waals surface area contributed by atoms with Crippen molar-refractivity contribution in [3.63, 3.8) is 0 Å². The summed E-state index contributed by atoms with van der Waals surface area (Å²) in [6.07, 6.45) is -13.6. The third-order valence-corrected chi connectivity index (χ3v) is 1.57. The second kappa shape index (κ2) is 4.49. The zero-order valence-corrected chi connectivity index (χ0v) is 8.37. The molecule has 0 aromatic heterocycles. The second-order valence-corrected chi connectivity index (χ2v) is 3.00. The fourth-order valence-corrected chi connectivity index (χ4v) is 0.600. The van der Waals surface area contributed by atoms with Crippen LogP contribution in [0, 0.1) is 0 Å². The lowest BCUT2D eigenvalue weighted by Crippen LogP contribution is -2.62. The summed E-state index contributed by atoms with van der Waals surface area (Å²) < 4.78 is 112. The van der Waals surface area contributed by atoms with E-state index in [1.807, 2.05) is 0 Å². The number of carbonyl (C=O) groups excluding carboxylic acids is 1. The summed E-state index contributed by atoms with van der Waals surface area (Å²) in [7, 11) is 0. The molecule has 3 nitrogen and oxygen atoms in total. The predicted molar refractivity (Wildman–Crippen MR) is 38.8 cm³/mol. The van der Waals surface area contributed by atoms with Crippen molar-refractivity contribution in [3.05, 3.63) is 12.3 Å². The van der Waals surface area contributed by atoms with E-state index in [4.69, 9.17) is 5.11 Å². The Kier molecular flexibility index (Phi) is 4.11. The number of alkyl halides is 9. The van der Waals surface area contributed by atoms with Crippen molar-refractivity contribution in [2.45, 2.75) is 24.1 Å². The van der Waals surface area contributed by atoms with Crippen LogP contribution in [0.5, 0.6) is 0 Å². The molecule has 0 spiro atoms. The number of hydrogen-bond acceptors (Lipinski definition) is 3. The standard InChI is InChI=1S/C7H3F9O3/c1-2(17)3(18)19-7(15,16)5(10,11)4(8,9)6(12,13)14/h17H,1H2. The molecule has 0 heterocycles. The van der Waals surface area contributed by atoms with E-state index in [2.05, 4.69) is 11.3 Å². The smallest absolute Gasteiger partial charge is 0.473 e. The maximum atomic E-state index is 12.5. The van der Waals surface area contributed by atoms with Gasteiger partial charge in [0.25, 0.3) is 0 Å². The molecule has 0 amide bonds. The highest BCUT2D eigenvalue weighted by Gasteiger charge is 2.84. The topological polar surface area (TPSA) is 46.5 Å². The number of halogens is 9. The molecule has 0 radical (unpaired) electrons. The van der Waals surface area contributed by atoms with E-state index in [9.17, 15) is 44.3 Å². The molecule has 0 unspecified atom stereocenters. The largest absolute Gasteiger partial charge is 0.502 e. The monoisotopic (exact) mass is 306 g/mol. The van der Waals surface area contributed by atoms with E-state index in [0.29, 0.717) is 0 Å². The Morgan fingerprint density at radius 1 is 0.895 bits per heavy atom. The molecular formula is C7H3F9O3. The van der Waals surface area contributed by atoms with Crippen LogP contribution in [-0.2, 0) is 9.53 Å². The number of carbonyl (C=O) groups is 1. The maximum absolute atomic E-state index is 12.5. The van der Waals surface area contributed by atoms with Crippen molar-refractivity contribution < 1.29 is 54.2 Å². The highest BCUT2D eigenvalue weighted by atomic mass is 19.4. The Labute approximate surface area is 97.8 Å². The Bertz CT molecular complexity index is 384. The summed E-state index contributed by atoms with van der Waals surface area (Å²) in [5, 5.41) is 8.16. The molecule has 0 saturated heterocycles. The zero-order chi connectivity index (χ0) is 15.9. The van der Waals surface area contributed by atoms with Crippen molar-refractivity contribution >= 4 is 5.97 Å². The van der Waals surface area contributed by atoms with Gasteiger partial charge in [0.15, 0.2) is 5.76 Å². The van der Waals surface area contributed by atoms with Gasteiger partial charge in [-0.3, -0.25) is 0 Å². The number of aliphatic hydroxyl groups is 1. The molecule has 112 valence electrons. The van der Waals surface area contributed by atoms with Crippen molar-refractivity contribution in [2.24, 2.45) is 0 Å². The summed E-state index contributed by atoms with van der Waals surface area (Å²) in [5.74, 6) is -18.9. The first kappa shape index (κ1) is 17.4. The molecule has 0 aliphatic heterocycles. The fraction of sp³-hybridized carbons (Fsp3) is 0.571. The summed E-state index contributed by atoms with van der Waals surface area (Å²) in [6.45, 7) is 2.23. The number of rotatable bonds is 4. The SMILES string of the molecule is C=C(O)C(=O)OC(F)(F)C(F)(F)C(F)(F)C(F)(F)F. The van der Waals surface area contributed by atoms with Crippen molar-refractivity contribution in [1.29, 1.82) is 0 Å². The Morgan fingerprint density at radius 3 is 1.53 bits per heavy atom. The normalized spacial score (nSPS) is 14.2. The third kappa shape index (κ3) is 2.87. The van der Waals surface area contributed by atoms with Gasteiger partial charge >= 0.3 is 30.1 Å². The molecule has 0 aliphatic rings. The lowest BCUT2D eigenvalue weighted by molar-refractivity contribution is -0.435. The zero-order valence-electron chi connectivity index (χ0n) is 8.37. The van der Waals surface area contributed by atoms with E-state index in [1.54, 1.807) is 0 Å². The second-order valence-electron chi connectivity index (χ2n) is 3.00. The minimum Gasteiger partial charge on any atom is -0.502 e. The first-order valence-electron chi connectivity index (χ1n) is 3.89. The summed E-state index contributed by atoms with van der Waals surface area (Å²) in [5.41, 5.74) is 0. The lowest BCUT2D eigenvalue weighted by atomic mass is 10.1. The molecule has 0 rings (SSSR count). The molecule has 0 aromatic carbocycles. The highest BCUT2D eigenvalue weighted by molar-refractivity contribution is 5.85. The van der Waals surface area contributed by atoms with Crippen molar-refractivity contribution in [3.8, 4) is 0 Å². The number of esters is 1. The molecule has 1 N–H and O–H groups in total. The van der Waals surface area contributed by atoms with Gasteiger partial charge in [-0.05, 0) is 6.58 Å². The quantitative estimate of drug-likeness (QED) is 0.376. The molecular weight excluding hydrogens is 303 g/mol. The molecule has 0 fully saturated rings. The molecule has 0 bridgehead atoms. The van der Waals surface area contributed by atoms with Crippen LogP contribution in [0.3, 0.4) is 0 Å². The predicted octanol–water partition coefficient (Wildman–Crippen LogP) is 3.03. The highest BCUT2D eigenvalue weighted by Crippen LogP contribution is 2.53. The van der Waals surface area contributed by atoms with Crippen LogP contribution in [0.2, 0.25) is 0 Å². The lowest BCUT2D eigenvalue weighted by Gasteiger charge is -2.32. The average Bonchev–Trinajstić information content (AvgIpc) is 2.14. The first-order chi connectivity index (χ1) is 8.08. The van der Waals surface area contributed by atoms with Crippen molar-refractivity contribution in [2.75, 3.05) is 0 Å². The van der Waals surface area contributed by atoms with E-state index < -0.39 is 35.9 Å². The van der Waals surface area contributed by atoms with E-state index in [0.717, 1.165) is 0 Å². The number of hydrogen-bond donors (Lipinski definition) is 1. The van der Waals surface area contributed by atoms with Crippen LogP contribution in [-0.4, -0.2) is 35.2 Å². The van der Waals surface area contributed by atoms with Crippen molar-refractivity contribution in [1.82, 2.24) is 0 Å². The average molecular weight is 306 g/mol. The summed E-state index contributed by atoms with van der Waals surface area (Å²) >= 11 is 0. The van der Waals surface area contributed by atoms with Gasteiger partial charge in [0, 0.05) is 0 Å². The van der Waals surface area contributed by atoms with Gasteiger partial charge in [-0.2, -0.15) is 39.5 Å². The molecule has 0 aliphatic carbocycles. The summed E-state index contributed by atoms with van der Waals surface area (Å²) in [4.78, 5) is 10.3. The van der Waals surface area contributed by atoms with Gasteiger partial charge in [-0.25, -0.2) is 4.79 Å². The van der Waals surface area contributed by atoms with Crippen LogP contribution in [0.15, 0.2) is 12.3 Å². The third-order valence-electron chi connectivity index (χ3n) is 1.57. The Morgan fingerprint density at radius 2 is 1.26 bits per heavy atom. The van der Waals surface area contributed by atoms with Gasteiger partial charge in [-0.1, -0.05) is 0 Å². The molecule has 0 saturated carbocycles. The molecule has 0 atom stereocenters. The number of aliphatic hydroxyl groups excluding tert-OH is 1. The molecule has 19 heavy (non-hydrogen) atoms. The van der Waals surface area contributed by atoms with E-state index in [-0.39, 0.29) is 0 Å². The molecule has 12 heteroatoms. The van der Waals surface area contributed by atoms with Crippen LogP contribution in [0.1, 0.15) is 0 Å². The summed E-state index contributed by atoms with van der Waals surface area (Å²) in [6, 6.07) is 0. The maximum Gasteiger partial charge on any atom is 0.473 e. The first-order valence-corrected chi connectivity index (χ1v) is 3.89. The van der Waals surface area contributed by atoms with Gasteiger partial charge < -0.3 is 9.84 Å². The van der Waals surface area contributed by atoms with Gasteiger partial charge in [0.2, 0.25) is 0 Å². The van der Waals surface area contributed by atoms with Gasteiger partial charge in [0.05, 0.1) is 0 Å². The van der Waals surface area contributed by atoms with Gasteiger partial charge in [-0.15, -0.1) is 0 Å².